The maximum absolute atomic E-state index is 12.1. The molecule has 7 atom stereocenters. The topological polar surface area (TPSA) is 91.3 Å². The average molecular weight is 431 g/mol. The predicted molar refractivity (Wildman–Crippen MR) is 116 cm³/mol. The lowest BCUT2D eigenvalue weighted by Gasteiger charge is -2.65. The van der Waals surface area contributed by atoms with Crippen molar-refractivity contribution in [1.29, 1.82) is 0 Å². The van der Waals surface area contributed by atoms with Crippen LogP contribution in [0.4, 0.5) is 0 Å². The molecule has 7 heteroatoms. The lowest BCUT2D eigenvalue weighted by atomic mass is 9.48. The molecule has 2 fully saturated rings. The van der Waals surface area contributed by atoms with Crippen LogP contribution in [0.1, 0.15) is 50.7 Å². The first kappa shape index (κ1) is 21.0. The highest BCUT2D eigenvalue weighted by Crippen LogP contribution is 2.66. The number of nitrogens with one attached hydrogen (secondary N) is 1. The Morgan fingerprint density at radius 1 is 1.42 bits per heavy atom. The van der Waals surface area contributed by atoms with Crippen LogP contribution in [0.25, 0.3) is 0 Å². The summed E-state index contributed by atoms with van der Waals surface area (Å²) in [6, 6.07) is 3.24. The zero-order valence-corrected chi connectivity index (χ0v) is 18.9. The molecule has 0 amide bonds. The van der Waals surface area contributed by atoms with E-state index < -0.39 is 23.0 Å². The Morgan fingerprint density at radius 3 is 2.87 bits per heavy atom. The number of phenols is 1. The molecule has 2 aliphatic carbocycles. The van der Waals surface area contributed by atoms with Crippen LogP contribution in [0.15, 0.2) is 12.1 Å². The highest BCUT2D eigenvalue weighted by Gasteiger charge is 2.73. The van der Waals surface area contributed by atoms with Gasteiger partial charge >= 0.3 is 5.97 Å². The van der Waals surface area contributed by atoms with Crippen LogP contribution in [-0.4, -0.2) is 71.6 Å². The molecule has 1 aromatic rings. The number of carboxylic acids is 1. The summed E-state index contributed by atoms with van der Waals surface area (Å²) in [6.45, 7) is 4.92. The lowest BCUT2D eigenvalue weighted by Crippen LogP contribution is -2.78. The second-order valence-corrected chi connectivity index (χ2v) is 10.0. The first-order valence-corrected chi connectivity index (χ1v) is 11.6. The third-order valence-corrected chi connectivity index (χ3v) is 8.93. The fourth-order valence-electron chi connectivity index (χ4n) is 7.26. The molecule has 2 heterocycles. The van der Waals surface area contributed by atoms with Crippen molar-refractivity contribution in [2.24, 2.45) is 5.92 Å². The minimum atomic E-state index is -0.820. The zero-order valence-electron chi connectivity index (χ0n) is 18.9. The number of rotatable bonds is 6. The van der Waals surface area contributed by atoms with E-state index >= 15 is 0 Å². The van der Waals surface area contributed by atoms with Gasteiger partial charge in [0.25, 0.3) is 0 Å². The number of piperidine rings is 1. The number of hydrogen-bond acceptors (Lipinski definition) is 6. The van der Waals surface area contributed by atoms with Gasteiger partial charge < -0.3 is 24.6 Å². The molecule has 1 saturated heterocycles. The van der Waals surface area contributed by atoms with Crippen molar-refractivity contribution in [2.75, 3.05) is 20.7 Å². The number of methoxy groups -OCH3 is 1. The van der Waals surface area contributed by atoms with Gasteiger partial charge in [-0.1, -0.05) is 26.3 Å². The van der Waals surface area contributed by atoms with Gasteiger partial charge in [0.15, 0.2) is 11.5 Å². The first-order chi connectivity index (χ1) is 14.8. The van der Waals surface area contributed by atoms with Crippen molar-refractivity contribution in [2.45, 2.75) is 81.2 Å². The van der Waals surface area contributed by atoms with Gasteiger partial charge in [-0.15, -0.1) is 0 Å². The molecule has 4 aliphatic rings. The molecule has 170 valence electrons. The Labute approximate surface area is 183 Å². The molecular weight excluding hydrogens is 396 g/mol. The fraction of sp³-hybridized carbons (Fsp3) is 0.708. The summed E-state index contributed by atoms with van der Waals surface area (Å²) in [6.07, 6.45) is 3.85. The van der Waals surface area contributed by atoms with E-state index in [0.717, 1.165) is 44.2 Å². The van der Waals surface area contributed by atoms with Gasteiger partial charge in [-0.05, 0) is 56.8 Å². The number of hydrogen-bond donors (Lipinski definition) is 3. The first-order valence-electron chi connectivity index (χ1n) is 11.6. The standard InChI is InChI=1S/C24H34N2O5/c1-5-13(2)19(22(28)29)25-15-8-9-24(30-4)17-12-14-6-7-16(27)20-18(14)23(24,21(15)31-20)10-11-26(17)3/h6-7,13,15,17,19,21,25,27H,5,8-12H2,1-4H3,(H,28,29)/t13-,15-,17?,19-,21-,23?,24+/m0/s1. The van der Waals surface area contributed by atoms with Crippen LogP contribution in [-0.2, 0) is 21.4 Å². The van der Waals surface area contributed by atoms with E-state index in [0.29, 0.717) is 5.75 Å². The molecular formula is C24H34N2O5. The Balaban J connectivity index is 1.64. The van der Waals surface area contributed by atoms with Gasteiger partial charge in [-0.25, -0.2) is 0 Å². The average Bonchev–Trinajstić information content (AvgIpc) is 3.12. The maximum Gasteiger partial charge on any atom is 0.320 e. The quantitative estimate of drug-likeness (QED) is 0.638. The van der Waals surface area contributed by atoms with Crippen molar-refractivity contribution < 1.29 is 24.5 Å². The van der Waals surface area contributed by atoms with E-state index in [1.54, 1.807) is 6.07 Å². The predicted octanol–water partition coefficient (Wildman–Crippen LogP) is 2.29. The summed E-state index contributed by atoms with van der Waals surface area (Å²) < 4.78 is 13.0. The Hall–Kier alpha value is -1.83. The van der Waals surface area contributed by atoms with E-state index in [1.807, 2.05) is 27.0 Å². The summed E-state index contributed by atoms with van der Waals surface area (Å²) in [5, 5.41) is 24.1. The molecule has 1 aromatic carbocycles. The van der Waals surface area contributed by atoms with Crippen molar-refractivity contribution in [3.05, 3.63) is 23.3 Å². The number of carbonyl (C=O) groups is 1. The number of likely N-dealkylation sites (tertiary alicyclic amines) is 1. The minimum absolute atomic E-state index is 0.00782. The molecule has 0 radical (unpaired) electrons. The lowest BCUT2D eigenvalue weighted by molar-refractivity contribution is -0.204. The van der Waals surface area contributed by atoms with Crippen molar-refractivity contribution in [1.82, 2.24) is 10.2 Å². The van der Waals surface area contributed by atoms with E-state index in [9.17, 15) is 15.0 Å². The summed E-state index contributed by atoms with van der Waals surface area (Å²) in [7, 11) is 3.98. The number of nitrogens with zero attached hydrogens (tertiary/aromatic N) is 1. The number of benzene rings is 1. The van der Waals surface area contributed by atoms with Gasteiger partial charge in [0.05, 0.1) is 11.0 Å². The van der Waals surface area contributed by atoms with E-state index in [4.69, 9.17) is 9.47 Å². The van der Waals surface area contributed by atoms with E-state index in [1.165, 1.54) is 5.56 Å². The third-order valence-electron chi connectivity index (χ3n) is 8.93. The number of aromatic hydroxyl groups is 1. The van der Waals surface area contributed by atoms with Crippen LogP contribution in [0, 0.1) is 5.92 Å². The third kappa shape index (κ3) is 2.54. The summed E-state index contributed by atoms with van der Waals surface area (Å²) in [5.74, 6) is -0.0655. The van der Waals surface area contributed by atoms with Gasteiger partial charge in [-0.2, -0.15) is 0 Å². The van der Waals surface area contributed by atoms with Crippen LogP contribution in [0.2, 0.25) is 0 Å². The zero-order chi connectivity index (χ0) is 22.1. The highest BCUT2D eigenvalue weighted by atomic mass is 16.5. The van der Waals surface area contributed by atoms with Crippen molar-refractivity contribution in [3.8, 4) is 11.5 Å². The SMILES string of the molecule is CC[C@H](C)[C@H](N[C@H]1CC[C@@]2(OC)C3Cc4ccc(O)c5c4C2(CCN3C)[C@H]1O5)C(=O)O. The van der Waals surface area contributed by atoms with Crippen LogP contribution in [0.5, 0.6) is 11.5 Å². The normalized spacial score (nSPS) is 37.6. The van der Waals surface area contributed by atoms with Gasteiger partial charge in [0, 0.05) is 24.8 Å². The molecule has 1 saturated carbocycles. The molecule has 1 spiro atoms. The smallest absolute Gasteiger partial charge is 0.320 e. The number of ether oxygens (including phenoxy) is 2. The van der Waals surface area contributed by atoms with Gasteiger partial charge in [-0.3, -0.25) is 10.1 Å². The molecule has 31 heavy (non-hydrogen) atoms. The minimum Gasteiger partial charge on any atom is -0.504 e. The van der Waals surface area contributed by atoms with Gasteiger partial charge in [0.2, 0.25) is 0 Å². The molecule has 2 aliphatic heterocycles. The monoisotopic (exact) mass is 430 g/mol. The summed E-state index contributed by atoms with van der Waals surface area (Å²) >= 11 is 0. The second kappa shape index (κ2) is 7.09. The highest BCUT2D eigenvalue weighted by molar-refractivity contribution is 5.74. The molecule has 2 bridgehead atoms. The maximum atomic E-state index is 12.1. The summed E-state index contributed by atoms with van der Waals surface area (Å²) in [4.78, 5) is 14.5. The largest absolute Gasteiger partial charge is 0.504 e. The number of carboxylic acid groups (broad SMARTS) is 1. The second-order valence-electron chi connectivity index (χ2n) is 10.0. The van der Waals surface area contributed by atoms with E-state index in [-0.39, 0.29) is 29.9 Å². The Bertz CT molecular complexity index is 906. The molecule has 7 nitrogen and oxygen atoms in total. The fourth-order valence-corrected chi connectivity index (χ4v) is 7.26. The molecule has 0 aromatic heterocycles. The van der Waals surface area contributed by atoms with Crippen LogP contribution in [0.3, 0.4) is 0 Å². The van der Waals surface area contributed by atoms with Crippen molar-refractivity contribution >= 4 is 5.97 Å². The van der Waals surface area contributed by atoms with Crippen LogP contribution >= 0.6 is 0 Å². The Morgan fingerprint density at radius 2 is 2.19 bits per heavy atom. The summed E-state index contributed by atoms with van der Waals surface area (Å²) in [5.41, 5.74) is 1.52. The number of likely N-dealkylation sites (N-methyl/N-ethyl adjacent to an activating group) is 1. The molecule has 3 N–H and O–H groups in total. The van der Waals surface area contributed by atoms with Crippen molar-refractivity contribution in [3.63, 3.8) is 0 Å². The number of phenolic OH excluding ortho intramolecular Hbond substituents is 1. The molecule has 2 unspecified atom stereocenters. The Kier molecular flexibility index (Phi) is 4.81. The van der Waals surface area contributed by atoms with Crippen LogP contribution < -0.4 is 10.1 Å². The van der Waals surface area contributed by atoms with E-state index in [2.05, 4.69) is 17.3 Å². The van der Waals surface area contributed by atoms with Gasteiger partial charge in [0.1, 0.15) is 12.1 Å². The molecule has 5 rings (SSSR count). The number of aliphatic carboxylic acids is 1.